The van der Waals surface area contributed by atoms with E-state index >= 15 is 0 Å². The van der Waals surface area contributed by atoms with Crippen LogP contribution in [-0.4, -0.2) is 35.2 Å². The first-order chi connectivity index (χ1) is 6.59. The number of aliphatic hydroxyl groups excluding tert-OH is 1. The smallest absolute Gasteiger partial charge is 0.0527 e. The molecule has 1 aliphatic heterocycles. The summed E-state index contributed by atoms with van der Waals surface area (Å²) in [4.78, 5) is 2.50. The lowest BCUT2D eigenvalue weighted by atomic mass is 10.1. The van der Waals surface area contributed by atoms with E-state index < -0.39 is 0 Å². The molecule has 0 aromatic heterocycles. The van der Waals surface area contributed by atoms with E-state index in [1.165, 1.54) is 25.0 Å². The Bertz CT molecular complexity index is 189. The number of rotatable bonds is 5. The molecule has 0 aliphatic carbocycles. The molecule has 2 atom stereocenters. The Balaban J connectivity index is 2.31. The summed E-state index contributed by atoms with van der Waals surface area (Å²) in [7, 11) is 0. The van der Waals surface area contributed by atoms with E-state index in [0.29, 0.717) is 6.04 Å². The van der Waals surface area contributed by atoms with E-state index in [4.69, 9.17) is 0 Å². The van der Waals surface area contributed by atoms with Crippen LogP contribution < -0.4 is 0 Å². The number of likely N-dealkylation sites (tertiary alicyclic amines) is 1. The molecule has 0 amide bonds. The minimum Gasteiger partial charge on any atom is -0.393 e. The second kappa shape index (κ2) is 5.52. The first-order valence-corrected chi connectivity index (χ1v) is 5.66. The van der Waals surface area contributed by atoms with Crippen molar-refractivity contribution in [3.63, 3.8) is 0 Å². The van der Waals surface area contributed by atoms with Gasteiger partial charge in [-0.2, -0.15) is 0 Å². The van der Waals surface area contributed by atoms with Crippen molar-refractivity contribution in [2.75, 3.05) is 13.1 Å². The fourth-order valence-corrected chi connectivity index (χ4v) is 2.18. The fraction of sp³-hybridized carbons (Fsp3) is 0.833. The molecule has 2 unspecified atom stereocenters. The van der Waals surface area contributed by atoms with Crippen LogP contribution in [0.15, 0.2) is 12.2 Å². The molecule has 0 aromatic rings. The molecule has 14 heavy (non-hydrogen) atoms. The quantitative estimate of drug-likeness (QED) is 0.683. The Morgan fingerprint density at radius 1 is 1.64 bits per heavy atom. The monoisotopic (exact) mass is 197 g/mol. The van der Waals surface area contributed by atoms with Crippen LogP contribution in [0.2, 0.25) is 0 Å². The number of hydrogen-bond acceptors (Lipinski definition) is 2. The van der Waals surface area contributed by atoms with Crippen LogP contribution in [0.3, 0.4) is 0 Å². The van der Waals surface area contributed by atoms with Crippen LogP contribution in [0.4, 0.5) is 0 Å². The van der Waals surface area contributed by atoms with Crippen molar-refractivity contribution in [3.05, 3.63) is 12.2 Å². The lowest BCUT2D eigenvalue weighted by molar-refractivity contribution is 0.134. The molecule has 0 spiro atoms. The Labute approximate surface area is 87.6 Å². The maximum absolute atomic E-state index is 9.36. The second-order valence-corrected chi connectivity index (χ2v) is 4.62. The van der Waals surface area contributed by atoms with Crippen LogP contribution >= 0.6 is 0 Å². The number of aliphatic hydroxyl groups is 1. The zero-order chi connectivity index (χ0) is 10.6. The molecular formula is C12H23NO. The molecular weight excluding hydrogens is 174 g/mol. The summed E-state index contributed by atoms with van der Waals surface area (Å²) in [5.41, 5.74) is 1.26. The van der Waals surface area contributed by atoms with E-state index in [-0.39, 0.29) is 6.10 Å². The van der Waals surface area contributed by atoms with Crippen LogP contribution in [0.5, 0.6) is 0 Å². The largest absolute Gasteiger partial charge is 0.393 e. The fourth-order valence-electron chi connectivity index (χ4n) is 2.18. The van der Waals surface area contributed by atoms with Gasteiger partial charge in [0.1, 0.15) is 0 Å². The van der Waals surface area contributed by atoms with Crippen molar-refractivity contribution in [1.29, 1.82) is 0 Å². The Kier molecular flexibility index (Phi) is 4.63. The molecule has 0 bridgehead atoms. The molecule has 82 valence electrons. The average Bonchev–Trinajstić information content (AvgIpc) is 2.47. The third-order valence-corrected chi connectivity index (χ3v) is 2.94. The van der Waals surface area contributed by atoms with Crippen molar-refractivity contribution in [3.8, 4) is 0 Å². The summed E-state index contributed by atoms with van der Waals surface area (Å²) in [6, 6.07) is 0.606. The molecule has 0 aromatic carbocycles. The molecule has 1 heterocycles. The third kappa shape index (κ3) is 3.81. The lowest BCUT2D eigenvalue weighted by Gasteiger charge is -2.25. The molecule has 1 rings (SSSR count). The van der Waals surface area contributed by atoms with E-state index in [9.17, 15) is 5.11 Å². The van der Waals surface area contributed by atoms with E-state index in [1.807, 2.05) is 6.92 Å². The average molecular weight is 197 g/mol. The van der Waals surface area contributed by atoms with Gasteiger partial charge < -0.3 is 5.11 Å². The zero-order valence-corrected chi connectivity index (χ0v) is 9.50. The van der Waals surface area contributed by atoms with Crippen molar-refractivity contribution in [1.82, 2.24) is 4.90 Å². The summed E-state index contributed by atoms with van der Waals surface area (Å²) in [6.45, 7) is 10.2. The van der Waals surface area contributed by atoms with Crippen molar-refractivity contribution in [2.45, 2.75) is 51.7 Å². The highest BCUT2D eigenvalue weighted by Crippen LogP contribution is 2.21. The predicted octanol–water partition coefficient (Wildman–Crippen LogP) is 2.19. The summed E-state index contributed by atoms with van der Waals surface area (Å²) in [6.07, 6.45) is 4.40. The van der Waals surface area contributed by atoms with Crippen molar-refractivity contribution in [2.24, 2.45) is 0 Å². The number of hydrogen-bond donors (Lipinski definition) is 1. The van der Waals surface area contributed by atoms with Gasteiger partial charge in [0.05, 0.1) is 6.10 Å². The van der Waals surface area contributed by atoms with Gasteiger partial charge in [0.15, 0.2) is 0 Å². The van der Waals surface area contributed by atoms with Gasteiger partial charge in [0.2, 0.25) is 0 Å². The van der Waals surface area contributed by atoms with E-state index in [2.05, 4.69) is 18.4 Å². The molecule has 1 aliphatic rings. The maximum atomic E-state index is 9.36. The standard InChI is InChI=1S/C12H23NO/c1-10(2)6-8-13-7-4-5-12(13)9-11(3)14/h11-12,14H,1,4-9H2,2-3H3. The summed E-state index contributed by atoms with van der Waals surface area (Å²) in [5.74, 6) is 0. The molecule has 0 saturated carbocycles. The van der Waals surface area contributed by atoms with Crippen LogP contribution in [0.1, 0.15) is 39.5 Å². The van der Waals surface area contributed by atoms with Crippen molar-refractivity contribution >= 4 is 0 Å². The first kappa shape index (κ1) is 11.7. The SMILES string of the molecule is C=C(C)CCN1CCCC1CC(C)O. The third-order valence-electron chi connectivity index (χ3n) is 2.94. The van der Waals surface area contributed by atoms with Gasteiger partial charge in [0.25, 0.3) is 0 Å². The predicted molar refractivity (Wildman–Crippen MR) is 60.3 cm³/mol. The Morgan fingerprint density at radius 3 is 2.93 bits per heavy atom. The maximum Gasteiger partial charge on any atom is 0.0527 e. The van der Waals surface area contributed by atoms with Gasteiger partial charge in [-0.05, 0) is 46.1 Å². The van der Waals surface area contributed by atoms with Crippen LogP contribution in [0.25, 0.3) is 0 Å². The van der Waals surface area contributed by atoms with E-state index in [1.54, 1.807) is 0 Å². The van der Waals surface area contributed by atoms with Gasteiger partial charge in [-0.3, -0.25) is 4.90 Å². The highest BCUT2D eigenvalue weighted by atomic mass is 16.3. The summed E-state index contributed by atoms with van der Waals surface area (Å²) in [5, 5.41) is 9.36. The van der Waals surface area contributed by atoms with Gasteiger partial charge >= 0.3 is 0 Å². The Morgan fingerprint density at radius 2 is 2.36 bits per heavy atom. The van der Waals surface area contributed by atoms with Crippen LogP contribution in [0, 0.1) is 0 Å². The zero-order valence-electron chi connectivity index (χ0n) is 9.50. The molecule has 0 radical (unpaired) electrons. The highest BCUT2D eigenvalue weighted by Gasteiger charge is 2.24. The first-order valence-electron chi connectivity index (χ1n) is 5.66. The minimum atomic E-state index is -0.162. The number of nitrogens with zero attached hydrogens (tertiary/aromatic N) is 1. The molecule has 2 heteroatoms. The van der Waals surface area contributed by atoms with Crippen molar-refractivity contribution < 1.29 is 5.11 Å². The van der Waals surface area contributed by atoms with Gasteiger partial charge in [-0.15, -0.1) is 6.58 Å². The van der Waals surface area contributed by atoms with Gasteiger partial charge in [-0.1, -0.05) is 5.57 Å². The lowest BCUT2D eigenvalue weighted by Crippen LogP contribution is -2.32. The topological polar surface area (TPSA) is 23.5 Å². The van der Waals surface area contributed by atoms with E-state index in [0.717, 1.165) is 19.4 Å². The molecule has 1 fully saturated rings. The molecule has 1 N–H and O–H groups in total. The molecule has 1 saturated heterocycles. The Hall–Kier alpha value is -0.340. The van der Waals surface area contributed by atoms with Gasteiger partial charge in [-0.25, -0.2) is 0 Å². The van der Waals surface area contributed by atoms with Crippen LogP contribution in [-0.2, 0) is 0 Å². The summed E-state index contributed by atoms with van der Waals surface area (Å²) < 4.78 is 0. The minimum absolute atomic E-state index is 0.162. The highest BCUT2D eigenvalue weighted by molar-refractivity contribution is 4.90. The summed E-state index contributed by atoms with van der Waals surface area (Å²) >= 11 is 0. The normalized spacial score (nSPS) is 25.2. The molecule has 2 nitrogen and oxygen atoms in total. The van der Waals surface area contributed by atoms with Gasteiger partial charge in [0, 0.05) is 12.6 Å². The second-order valence-electron chi connectivity index (χ2n) is 4.62.